The van der Waals surface area contributed by atoms with Gasteiger partial charge in [0, 0.05) is 18.0 Å². The van der Waals surface area contributed by atoms with E-state index in [1.807, 2.05) is 6.92 Å². The Bertz CT molecular complexity index is 1330. The Hall–Kier alpha value is -3.87. The Morgan fingerprint density at radius 2 is 1.79 bits per heavy atom. The molecule has 0 bridgehead atoms. The summed E-state index contributed by atoms with van der Waals surface area (Å²) in [4.78, 5) is 36.1. The van der Waals surface area contributed by atoms with E-state index in [4.69, 9.17) is 4.42 Å². The number of benzene rings is 2. The highest BCUT2D eigenvalue weighted by Crippen LogP contribution is 2.40. The van der Waals surface area contributed by atoms with E-state index in [1.165, 1.54) is 29.4 Å². The van der Waals surface area contributed by atoms with E-state index >= 15 is 0 Å². The molecule has 7 heteroatoms. The van der Waals surface area contributed by atoms with Crippen LogP contribution in [-0.4, -0.2) is 15.9 Å². The van der Waals surface area contributed by atoms with E-state index in [0.717, 1.165) is 5.56 Å². The Morgan fingerprint density at radius 1 is 1.03 bits per heavy atom. The second-order valence-corrected chi connectivity index (χ2v) is 6.82. The first kappa shape index (κ1) is 17.2. The molecular weight excluding hydrogens is 373 g/mol. The van der Waals surface area contributed by atoms with Gasteiger partial charge in [0.05, 0.1) is 10.9 Å². The Balaban J connectivity index is 1.86. The number of hydrogen-bond donors (Lipinski definition) is 0. The summed E-state index contributed by atoms with van der Waals surface area (Å²) < 4.78 is 20.6. The summed E-state index contributed by atoms with van der Waals surface area (Å²) in [5.74, 6) is -1.18. The number of aryl methyl sites for hydroxylation is 1. The van der Waals surface area contributed by atoms with E-state index in [9.17, 15) is 14.0 Å². The zero-order chi connectivity index (χ0) is 20.1. The van der Waals surface area contributed by atoms with Crippen molar-refractivity contribution in [2.45, 2.75) is 13.0 Å². The van der Waals surface area contributed by atoms with Crippen LogP contribution >= 0.6 is 0 Å². The number of nitrogens with zero attached hydrogens (tertiary/aromatic N) is 3. The average molecular weight is 387 g/mol. The van der Waals surface area contributed by atoms with Crippen LogP contribution in [0, 0.1) is 12.7 Å². The third kappa shape index (κ3) is 2.55. The molecule has 0 fully saturated rings. The van der Waals surface area contributed by atoms with Crippen LogP contribution in [-0.2, 0) is 0 Å². The van der Waals surface area contributed by atoms with E-state index in [0.29, 0.717) is 11.0 Å². The number of anilines is 1. The lowest BCUT2D eigenvalue weighted by molar-refractivity contribution is 0.0969. The maximum absolute atomic E-state index is 14.7. The molecule has 4 aromatic rings. The van der Waals surface area contributed by atoms with Crippen molar-refractivity contribution < 1.29 is 13.6 Å². The Morgan fingerprint density at radius 3 is 2.55 bits per heavy atom. The van der Waals surface area contributed by atoms with Gasteiger partial charge in [0.25, 0.3) is 5.91 Å². The van der Waals surface area contributed by atoms with Gasteiger partial charge in [-0.2, -0.15) is 0 Å². The first-order chi connectivity index (χ1) is 14.1. The van der Waals surface area contributed by atoms with Gasteiger partial charge in [-0.25, -0.2) is 14.4 Å². The molecule has 1 aliphatic rings. The summed E-state index contributed by atoms with van der Waals surface area (Å²) in [5.41, 5.74) is 1.07. The fourth-order valence-electron chi connectivity index (χ4n) is 3.70. The normalized spacial score (nSPS) is 15.7. The predicted molar refractivity (Wildman–Crippen MR) is 104 cm³/mol. The molecule has 6 nitrogen and oxygen atoms in total. The van der Waals surface area contributed by atoms with E-state index in [-0.39, 0.29) is 28.3 Å². The molecule has 0 N–H and O–H groups in total. The van der Waals surface area contributed by atoms with Gasteiger partial charge in [-0.15, -0.1) is 0 Å². The minimum absolute atomic E-state index is 0.0665. The van der Waals surface area contributed by atoms with Gasteiger partial charge in [-0.05, 0) is 31.2 Å². The summed E-state index contributed by atoms with van der Waals surface area (Å²) in [6.45, 7) is 1.86. The third-order valence-electron chi connectivity index (χ3n) is 4.99. The van der Waals surface area contributed by atoms with Crippen LogP contribution in [0.2, 0.25) is 0 Å². The smallest absolute Gasteiger partial charge is 0.297 e. The van der Waals surface area contributed by atoms with Crippen LogP contribution in [0.5, 0.6) is 0 Å². The molecule has 1 atom stereocenters. The minimum Gasteiger partial charge on any atom is -0.450 e. The molecule has 1 unspecified atom stereocenters. The number of halogens is 1. The largest absolute Gasteiger partial charge is 0.450 e. The van der Waals surface area contributed by atoms with Crippen LogP contribution in [0.3, 0.4) is 0 Å². The molecular formula is C22H14FN3O3. The molecule has 0 saturated heterocycles. The maximum Gasteiger partial charge on any atom is 0.297 e. The summed E-state index contributed by atoms with van der Waals surface area (Å²) in [6, 6.07) is 11.8. The third-order valence-corrected chi connectivity index (χ3v) is 4.99. The van der Waals surface area contributed by atoms with Crippen LogP contribution in [0.15, 0.2) is 70.1 Å². The van der Waals surface area contributed by atoms with Crippen molar-refractivity contribution >= 4 is 22.8 Å². The van der Waals surface area contributed by atoms with Crippen LogP contribution in [0.25, 0.3) is 11.0 Å². The highest BCUT2D eigenvalue weighted by Gasteiger charge is 2.45. The second kappa shape index (κ2) is 6.34. The molecule has 1 aliphatic heterocycles. The lowest BCUT2D eigenvalue weighted by Crippen LogP contribution is -2.31. The van der Waals surface area contributed by atoms with Crippen LogP contribution in [0.4, 0.5) is 10.3 Å². The van der Waals surface area contributed by atoms with Crippen molar-refractivity contribution in [3.05, 3.63) is 99.4 Å². The fourth-order valence-corrected chi connectivity index (χ4v) is 3.70. The van der Waals surface area contributed by atoms with Gasteiger partial charge in [0.15, 0.2) is 5.43 Å². The number of amides is 1. The van der Waals surface area contributed by atoms with Gasteiger partial charge < -0.3 is 4.42 Å². The van der Waals surface area contributed by atoms with Crippen LogP contribution < -0.4 is 10.3 Å². The Kier molecular flexibility index (Phi) is 3.77. The average Bonchev–Trinajstić information content (AvgIpc) is 3.02. The number of carbonyl (C=O) groups excluding carboxylic acids is 1. The van der Waals surface area contributed by atoms with E-state index < -0.39 is 17.8 Å². The fraction of sp³-hybridized carbons (Fsp3) is 0.0909. The van der Waals surface area contributed by atoms with Crippen molar-refractivity contribution in [2.75, 3.05) is 4.90 Å². The first-order valence-electron chi connectivity index (χ1n) is 8.98. The molecule has 0 radical (unpaired) electrons. The quantitative estimate of drug-likeness (QED) is 0.523. The molecule has 3 heterocycles. The molecule has 1 amide bonds. The van der Waals surface area contributed by atoms with Crippen LogP contribution in [0.1, 0.15) is 33.3 Å². The van der Waals surface area contributed by atoms with Gasteiger partial charge in [0.1, 0.15) is 17.4 Å². The maximum atomic E-state index is 14.7. The molecule has 5 rings (SSSR count). The van der Waals surface area contributed by atoms with E-state index in [1.54, 1.807) is 36.4 Å². The summed E-state index contributed by atoms with van der Waals surface area (Å²) in [7, 11) is 0. The molecule has 0 saturated carbocycles. The predicted octanol–water partition coefficient (Wildman–Crippen LogP) is 3.78. The summed E-state index contributed by atoms with van der Waals surface area (Å²) in [5, 5.41) is 0.341. The molecule has 0 aliphatic carbocycles. The molecule has 29 heavy (non-hydrogen) atoms. The number of aromatic nitrogens is 2. The second-order valence-electron chi connectivity index (χ2n) is 6.82. The van der Waals surface area contributed by atoms with Crippen molar-refractivity contribution in [1.82, 2.24) is 9.97 Å². The standard InChI is InChI=1S/C22H14FN3O3/c1-12-7-8-16-14(11-12)19(27)17-18(13-5-2-3-6-15(13)23)26(21(28)20(17)29-16)22-24-9-4-10-25-22/h2-11,18H,1H3. The Labute approximate surface area is 164 Å². The van der Waals surface area contributed by atoms with Crippen molar-refractivity contribution in [3.8, 4) is 0 Å². The molecule has 142 valence electrons. The van der Waals surface area contributed by atoms with Gasteiger partial charge in [-0.1, -0.05) is 29.8 Å². The molecule has 2 aromatic heterocycles. The van der Waals surface area contributed by atoms with Crippen molar-refractivity contribution in [1.29, 1.82) is 0 Å². The highest BCUT2D eigenvalue weighted by atomic mass is 19.1. The topological polar surface area (TPSA) is 76.3 Å². The number of rotatable bonds is 2. The monoisotopic (exact) mass is 387 g/mol. The van der Waals surface area contributed by atoms with Crippen molar-refractivity contribution in [2.24, 2.45) is 0 Å². The summed E-state index contributed by atoms with van der Waals surface area (Å²) >= 11 is 0. The van der Waals surface area contributed by atoms with Gasteiger partial charge in [0.2, 0.25) is 11.7 Å². The minimum atomic E-state index is -1.03. The van der Waals surface area contributed by atoms with Crippen molar-refractivity contribution in [3.63, 3.8) is 0 Å². The molecule has 0 spiro atoms. The number of fused-ring (bicyclic) bond motifs is 2. The first-order valence-corrected chi connectivity index (χ1v) is 8.98. The highest BCUT2D eigenvalue weighted by molar-refractivity contribution is 6.09. The zero-order valence-corrected chi connectivity index (χ0v) is 15.3. The number of carbonyl (C=O) groups is 1. The van der Waals surface area contributed by atoms with Gasteiger partial charge in [-0.3, -0.25) is 14.5 Å². The lowest BCUT2D eigenvalue weighted by atomic mass is 9.98. The number of hydrogen-bond acceptors (Lipinski definition) is 5. The summed E-state index contributed by atoms with van der Waals surface area (Å²) in [6.07, 6.45) is 2.96. The zero-order valence-electron chi connectivity index (χ0n) is 15.3. The van der Waals surface area contributed by atoms with E-state index in [2.05, 4.69) is 9.97 Å². The van der Waals surface area contributed by atoms with Gasteiger partial charge >= 0.3 is 0 Å². The lowest BCUT2D eigenvalue weighted by Gasteiger charge is -2.23. The molecule has 2 aromatic carbocycles. The SMILES string of the molecule is Cc1ccc2oc3c(c(=O)c2c1)C(c1ccccc1F)N(c1ncccn1)C3=O.